The monoisotopic (exact) mass is 293 g/mol. The van der Waals surface area contributed by atoms with E-state index < -0.39 is 0 Å². The Morgan fingerprint density at radius 1 is 1.33 bits per heavy atom. The zero-order valence-electron chi connectivity index (χ0n) is 13.4. The fourth-order valence-corrected chi connectivity index (χ4v) is 2.38. The Labute approximate surface area is 127 Å². The summed E-state index contributed by atoms with van der Waals surface area (Å²) in [5.41, 5.74) is 1.20. The molecule has 1 heterocycles. The zero-order valence-corrected chi connectivity index (χ0v) is 13.4. The average Bonchev–Trinajstić information content (AvgIpc) is 2.98. The van der Waals surface area contributed by atoms with E-state index in [0.717, 1.165) is 37.6 Å². The molecule has 0 saturated carbocycles. The van der Waals surface area contributed by atoms with Crippen LogP contribution in [-0.2, 0) is 11.3 Å². The summed E-state index contributed by atoms with van der Waals surface area (Å²) >= 11 is 0. The van der Waals surface area contributed by atoms with Crippen molar-refractivity contribution < 1.29 is 14.2 Å². The Morgan fingerprint density at radius 2 is 2.19 bits per heavy atom. The predicted octanol–water partition coefficient (Wildman–Crippen LogP) is 3.00. The molecule has 4 heteroatoms. The maximum atomic E-state index is 5.76. The van der Waals surface area contributed by atoms with Crippen LogP contribution >= 0.6 is 0 Å². The van der Waals surface area contributed by atoms with Crippen LogP contribution in [0.4, 0.5) is 0 Å². The van der Waals surface area contributed by atoms with Crippen molar-refractivity contribution in [2.75, 3.05) is 26.9 Å². The van der Waals surface area contributed by atoms with Crippen molar-refractivity contribution in [3.8, 4) is 11.5 Å². The quantitative estimate of drug-likeness (QED) is 0.800. The summed E-state index contributed by atoms with van der Waals surface area (Å²) < 4.78 is 16.8. The molecule has 1 atom stereocenters. The molecular formula is C17H27NO3. The van der Waals surface area contributed by atoms with E-state index in [0.29, 0.717) is 18.6 Å². The minimum absolute atomic E-state index is 0.376. The number of benzene rings is 1. The molecule has 1 fully saturated rings. The molecule has 0 amide bonds. The van der Waals surface area contributed by atoms with Crippen molar-refractivity contribution in [3.63, 3.8) is 0 Å². The van der Waals surface area contributed by atoms with E-state index in [1.165, 1.54) is 12.0 Å². The average molecular weight is 293 g/mol. The molecule has 0 spiro atoms. The van der Waals surface area contributed by atoms with Crippen molar-refractivity contribution in [1.82, 2.24) is 5.32 Å². The second kappa shape index (κ2) is 8.25. The van der Waals surface area contributed by atoms with Gasteiger partial charge >= 0.3 is 0 Å². The van der Waals surface area contributed by atoms with Gasteiger partial charge in [-0.3, -0.25) is 0 Å². The molecule has 1 N–H and O–H groups in total. The third kappa shape index (κ3) is 5.21. The molecule has 0 aliphatic carbocycles. The summed E-state index contributed by atoms with van der Waals surface area (Å²) in [6, 6.07) is 6.11. The standard InChI is InChI=1S/C17H27NO3/c1-13(2)12-21-16-7-6-14(9-17(16)19-3)10-18-11-15-5-4-8-20-15/h6-7,9,13,15,18H,4-5,8,10-12H2,1-3H3/t15-/m1/s1. The van der Waals surface area contributed by atoms with Crippen LogP contribution in [0.1, 0.15) is 32.3 Å². The molecule has 4 nitrogen and oxygen atoms in total. The molecular weight excluding hydrogens is 266 g/mol. The lowest BCUT2D eigenvalue weighted by Crippen LogP contribution is -2.25. The summed E-state index contributed by atoms with van der Waals surface area (Å²) in [5, 5.41) is 3.44. The van der Waals surface area contributed by atoms with Gasteiger partial charge in [-0.2, -0.15) is 0 Å². The molecule has 0 aromatic heterocycles. The molecule has 1 aliphatic rings. The van der Waals surface area contributed by atoms with Crippen molar-refractivity contribution in [2.45, 2.75) is 39.3 Å². The van der Waals surface area contributed by atoms with Gasteiger partial charge in [-0.1, -0.05) is 19.9 Å². The van der Waals surface area contributed by atoms with E-state index in [2.05, 4.69) is 25.2 Å². The van der Waals surface area contributed by atoms with Gasteiger partial charge in [-0.15, -0.1) is 0 Å². The van der Waals surface area contributed by atoms with Crippen LogP contribution in [0.15, 0.2) is 18.2 Å². The number of nitrogens with one attached hydrogen (secondary N) is 1. The number of hydrogen-bond acceptors (Lipinski definition) is 4. The minimum atomic E-state index is 0.376. The molecule has 0 unspecified atom stereocenters. The largest absolute Gasteiger partial charge is 0.493 e. The number of hydrogen-bond donors (Lipinski definition) is 1. The normalized spacial score (nSPS) is 18.2. The summed E-state index contributed by atoms with van der Waals surface area (Å²) in [5.74, 6) is 2.11. The van der Waals surface area contributed by atoms with Gasteiger partial charge in [-0.25, -0.2) is 0 Å². The number of rotatable bonds is 8. The minimum Gasteiger partial charge on any atom is -0.493 e. The first-order valence-electron chi connectivity index (χ1n) is 7.81. The molecule has 21 heavy (non-hydrogen) atoms. The Bertz CT molecular complexity index is 428. The van der Waals surface area contributed by atoms with E-state index in [1.807, 2.05) is 12.1 Å². The maximum absolute atomic E-state index is 5.76. The van der Waals surface area contributed by atoms with Gasteiger partial charge in [0.1, 0.15) is 0 Å². The lowest BCUT2D eigenvalue weighted by atomic mass is 10.2. The van der Waals surface area contributed by atoms with E-state index >= 15 is 0 Å². The Morgan fingerprint density at radius 3 is 2.86 bits per heavy atom. The fourth-order valence-electron chi connectivity index (χ4n) is 2.38. The SMILES string of the molecule is COc1cc(CNC[C@H]2CCCO2)ccc1OCC(C)C. The van der Waals surface area contributed by atoms with Gasteiger partial charge < -0.3 is 19.5 Å². The molecule has 1 aromatic carbocycles. The van der Waals surface area contributed by atoms with Crippen LogP contribution in [0.5, 0.6) is 11.5 Å². The van der Waals surface area contributed by atoms with Crippen molar-refractivity contribution in [3.05, 3.63) is 23.8 Å². The predicted molar refractivity (Wildman–Crippen MR) is 84.0 cm³/mol. The van der Waals surface area contributed by atoms with Crippen LogP contribution in [-0.4, -0.2) is 33.0 Å². The second-order valence-electron chi connectivity index (χ2n) is 5.96. The zero-order chi connectivity index (χ0) is 15.1. The van der Waals surface area contributed by atoms with Crippen LogP contribution in [0.3, 0.4) is 0 Å². The Kier molecular flexibility index (Phi) is 6.33. The van der Waals surface area contributed by atoms with Gasteiger partial charge in [0.25, 0.3) is 0 Å². The maximum Gasteiger partial charge on any atom is 0.161 e. The van der Waals surface area contributed by atoms with E-state index in [1.54, 1.807) is 7.11 Å². The second-order valence-corrected chi connectivity index (χ2v) is 5.96. The highest BCUT2D eigenvalue weighted by Gasteiger charge is 2.14. The summed E-state index contributed by atoms with van der Waals surface area (Å²) in [6.07, 6.45) is 2.72. The Hall–Kier alpha value is -1.26. The summed E-state index contributed by atoms with van der Waals surface area (Å²) in [6.45, 7) is 7.61. The molecule has 1 saturated heterocycles. The molecule has 1 aromatic rings. The highest BCUT2D eigenvalue weighted by atomic mass is 16.5. The molecule has 118 valence electrons. The molecule has 0 bridgehead atoms. The van der Waals surface area contributed by atoms with Gasteiger partial charge in [-0.05, 0) is 36.5 Å². The third-order valence-electron chi connectivity index (χ3n) is 3.53. The van der Waals surface area contributed by atoms with Gasteiger partial charge in [0, 0.05) is 19.7 Å². The van der Waals surface area contributed by atoms with Gasteiger partial charge in [0.15, 0.2) is 11.5 Å². The van der Waals surface area contributed by atoms with Crippen molar-refractivity contribution >= 4 is 0 Å². The number of ether oxygens (including phenoxy) is 3. The van der Waals surface area contributed by atoms with Crippen LogP contribution in [0.2, 0.25) is 0 Å². The number of methoxy groups -OCH3 is 1. The van der Waals surface area contributed by atoms with Gasteiger partial charge in [0.05, 0.1) is 19.8 Å². The third-order valence-corrected chi connectivity index (χ3v) is 3.53. The highest BCUT2D eigenvalue weighted by Crippen LogP contribution is 2.28. The van der Waals surface area contributed by atoms with E-state index in [-0.39, 0.29) is 0 Å². The summed E-state index contributed by atoms with van der Waals surface area (Å²) in [4.78, 5) is 0. The first-order valence-corrected chi connectivity index (χ1v) is 7.81. The molecule has 2 rings (SSSR count). The summed E-state index contributed by atoms with van der Waals surface area (Å²) in [7, 11) is 1.68. The van der Waals surface area contributed by atoms with Crippen molar-refractivity contribution in [1.29, 1.82) is 0 Å². The van der Waals surface area contributed by atoms with E-state index in [4.69, 9.17) is 14.2 Å². The van der Waals surface area contributed by atoms with Crippen LogP contribution in [0.25, 0.3) is 0 Å². The van der Waals surface area contributed by atoms with Crippen LogP contribution in [0, 0.1) is 5.92 Å². The highest BCUT2D eigenvalue weighted by molar-refractivity contribution is 5.42. The fraction of sp³-hybridized carbons (Fsp3) is 0.647. The smallest absolute Gasteiger partial charge is 0.161 e. The lowest BCUT2D eigenvalue weighted by molar-refractivity contribution is 0.110. The lowest BCUT2D eigenvalue weighted by Gasteiger charge is -2.14. The first-order chi connectivity index (χ1) is 10.2. The molecule has 1 aliphatic heterocycles. The Balaban J connectivity index is 1.85. The first kappa shape index (κ1) is 16.1. The van der Waals surface area contributed by atoms with Crippen molar-refractivity contribution in [2.24, 2.45) is 5.92 Å². The van der Waals surface area contributed by atoms with Crippen LogP contribution < -0.4 is 14.8 Å². The van der Waals surface area contributed by atoms with E-state index in [9.17, 15) is 0 Å². The topological polar surface area (TPSA) is 39.7 Å². The molecule has 0 radical (unpaired) electrons. The van der Waals surface area contributed by atoms with Gasteiger partial charge in [0.2, 0.25) is 0 Å².